The lowest BCUT2D eigenvalue weighted by Gasteiger charge is -2.06. The van der Waals surface area contributed by atoms with E-state index < -0.39 is 5.97 Å². The van der Waals surface area contributed by atoms with Gasteiger partial charge in [0, 0.05) is 22.3 Å². The molecule has 0 radical (unpaired) electrons. The van der Waals surface area contributed by atoms with Gasteiger partial charge in [0.15, 0.2) is 0 Å². The van der Waals surface area contributed by atoms with Crippen LogP contribution in [0.2, 0.25) is 10.0 Å². The summed E-state index contributed by atoms with van der Waals surface area (Å²) in [6, 6.07) is 7.37. The number of pyridine rings is 1. The molecule has 4 nitrogen and oxygen atoms in total. The minimum absolute atomic E-state index is 0.0909. The van der Waals surface area contributed by atoms with Crippen LogP contribution in [-0.2, 0) is 0 Å². The largest absolute Gasteiger partial charge is 0.478 e. The van der Waals surface area contributed by atoms with Crippen molar-refractivity contribution in [3.8, 4) is 11.6 Å². The predicted octanol–water partition coefficient (Wildman–Crippen LogP) is 3.88. The third-order valence-electron chi connectivity index (χ3n) is 2.04. The molecule has 0 fully saturated rings. The molecule has 0 saturated carbocycles. The number of carboxylic acids is 1. The van der Waals surface area contributed by atoms with Gasteiger partial charge in [0.1, 0.15) is 5.75 Å². The average molecular weight is 284 g/mol. The summed E-state index contributed by atoms with van der Waals surface area (Å²) in [7, 11) is 0. The maximum absolute atomic E-state index is 10.8. The molecule has 0 aliphatic heterocycles. The van der Waals surface area contributed by atoms with Gasteiger partial charge >= 0.3 is 5.97 Å². The number of aromatic carboxylic acids is 1. The first kappa shape index (κ1) is 12.7. The molecule has 2 aromatic rings. The lowest BCUT2D eigenvalue weighted by atomic mass is 10.3. The molecule has 18 heavy (non-hydrogen) atoms. The molecular weight excluding hydrogens is 277 g/mol. The second-order valence-corrected chi connectivity index (χ2v) is 4.27. The van der Waals surface area contributed by atoms with Gasteiger partial charge in [0.05, 0.1) is 5.56 Å². The van der Waals surface area contributed by atoms with Gasteiger partial charge in [-0.1, -0.05) is 23.2 Å². The maximum atomic E-state index is 10.8. The van der Waals surface area contributed by atoms with Gasteiger partial charge in [-0.15, -0.1) is 0 Å². The van der Waals surface area contributed by atoms with Crippen LogP contribution in [0.25, 0.3) is 0 Å². The van der Waals surface area contributed by atoms with E-state index in [1.807, 2.05) is 0 Å². The summed E-state index contributed by atoms with van der Waals surface area (Å²) in [6.45, 7) is 0. The standard InChI is InChI=1S/C12H7Cl2NO3/c13-8-4-9(14)6-10(5-8)18-11-3-7(12(16)17)1-2-15-11/h1-6H,(H,16,17). The Labute approximate surface area is 113 Å². The summed E-state index contributed by atoms with van der Waals surface area (Å²) in [4.78, 5) is 14.7. The monoisotopic (exact) mass is 283 g/mol. The van der Waals surface area contributed by atoms with Crippen molar-refractivity contribution >= 4 is 29.2 Å². The predicted molar refractivity (Wildman–Crippen MR) is 67.7 cm³/mol. The zero-order valence-corrected chi connectivity index (χ0v) is 10.4. The van der Waals surface area contributed by atoms with E-state index in [1.54, 1.807) is 18.2 Å². The number of aromatic nitrogens is 1. The lowest BCUT2D eigenvalue weighted by molar-refractivity contribution is 0.0696. The van der Waals surface area contributed by atoms with Gasteiger partial charge in [-0.3, -0.25) is 0 Å². The third kappa shape index (κ3) is 3.12. The molecule has 0 bridgehead atoms. The van der Waals surface area contributed by atoms with Crippen molar-refractivity contribution in [1.82, 2.24) is 4.98 Å². The highest BCUT2D eigenvalue weighted by Gasteiger charge is 2.06. The summed E-state index contributed by atoms with van der Waals surface area (Å²) in [5, 5.41) is 9.68. The van der Waals surface area contributed by atoms with Gasteiger partial charge in [-0.2, -0.15) is 0 Å². The van der Waals surface area contributed by atoms with Crippen LogP contribution in [0.15, 0.2) is 36.5 Å². The fourth-order valence-corrected chi connectivity index (χ4v) is 1.81. The van der Waals surface area contributed by atoms with Crippen LogP contribution < -0.4 is 4.74 Å². The number of carbonyl (C=O) groups is 1. The molecule has 0 amide bonds. The first-order valence-corrected chi connectivity index (χ1v) is 5.63. The quantitative estimate of drug-likeness (QED) is 0.929. The Bertz CT molecular complexity index is 581. The number of ether oxygens (including phenoxy) is 1. The SMILES string of the molecule is O=C(O)c1ccnc(Oc2cc(Cl)cc(Cl)c2)c1. The normalized spacial score (nSPS) is 10.1. The minimum Gasteiger partial charge on any atom is -0.478 e. The van der Waals surface area contributed by atoms with Crippen LogP contribution in [-0.4, -0.2) is 16.1 Å². The van der Waals surface area contributed by atoms with Crippen molar-refractivity contribution < 1.29 is 14.6 Å². The molecule has 1 heterocycles. The van der Waals surface area contributed by atoms with Crippen LogP contribution in [0.4, 0.5) is 0 Å². The van der Waals surface area contributed by atoms with E-state index in [4.69, 9.17) is 33.0 Å². The molecule has 2 rings (SSSR count). The molecule has 1 aromatic heterocycles. The van der Waals surface area contributed by atoms with Gasteiger partial charge in [0.2, 0.25) is 5.88 Å². The van der Waals surface area contributed by atoms with Gasteiger partial charge < -0.3 is 9.84 Å². The number of halogens is 2. The van der Waals surface area contributed by atoms with E-state index in [0.29, 0.717) is 15.8 Å². The molecule has 92 valence electrons. The number of nitrogens with zero attached hydrogens (tertiary/aromatic N) is 1. The topological polar surface area (TPSA) is 59.4 Å². The summed E-state index contributed by atoms with van der Waals surface area (Å²) in [5.41, 5.74) is 0.0909. The third-order valence-corrected chi connectivity index (χ3v) is 2.48. The Morgan fingerprint density at radius 2 is 1.83 bits per heavy atom. The van der Waals surface area contributed by atoms with Crippen molar-refractivity contribution in [2.45, 2.75) is 0 Å². The molecule has 0 aliphatic rings. The molecule has 0 saturated heterocycles. The smallest absolute Gasteiger partial charge is 0.335 e. The second kappa shape index (κ2) is 5.25. The number of benzene rings is 1. The van der Waals surface area contributed by atoms with E-state index in [9.17, 15) is 4.79 Å². The molecule has 0 spiro atoms. The Morgan fingerprint density at radius 3 is 2.44 bits per heavy atom. The molecule has 0 aliphatic carbocycles. The number of rotatable bonds is 3. The fraction of sp³-hybridized carbons (Fsp3) is 0. The first-order chi connectivity index (χ1) is 8.54. The first-order valence-electron chi connectivity index (χ1n) is 4.88. The summed E-state index contributed by atoms with van der Waals surface area (Å²) in [5.74, 6) is -0.498. The number of hydrogen-bond acceptors (Lipinski definition) is 3. The van der Waals surface area contributed by atoms with E-state index >= 15 is 0 Å². The summed E-state index contributed by atoms with van der Waals surface area (Å²) < 4.78 is 5.39. The van der Waals surface area contributed by atoms with Crippen molar-refractivity contribution in [2.24, 2.45) is 0 Å². The van der Waals surface area contributed by atoms with Gasteiger partial charge in [-0.25, -0.2) is 9.78 Å². The summed E-state index contributed by atoms with van der Waals surface area (Å²) >= 11 is 11.6. The zero-order valence-electron chi connectivity index (χ0n) is 8.93. The molecule has 0 atom stereocenters. The Morgan fingerprint density at radius 1 is 1.17 bits per heavy atom. The van der Waals surface area contributed by atoms with Gasteiger partial charge in [-0.05, 0) is 24.3 Å². The van der Waals surface area contributed by atoms with Crippen molar-refractivity contribution in [1.29, 1.82) is 0 Å². The van der Waals surface area contributed by atoms with Crippen molar-refractivity contribution in [3.05, 3.63) is 52.1 Å². The number of hydrogen-bond donors (Lipinski definition) is 1. The van der Waals surface area contributed by atoms with Crippen LogP contribution >= 0.6 is 23.2 Å². The van der Waals surface area contributed by atoms with Crippen molar-refractivity contribution in [2.75, 3.05) is 0 Å². The van der Waals surface area contributed by atoms with Crippen LogP contribution in [0.3, 0.4) is 0 Å². The van der Waals surface area contributed by atoms with E-state index in [-0.39, 0.29) is 11.4 Å². The van der Waals surface area contributed by atoms with Crippen LogP contribution in [0, 0.1) is 0 Å². The van der Waals surface area contributed by atoms with Crippen LogP contribution in [0.1, 0.15) is 10.4 Å². The molecular formula is C12H7Cl2NO3. The molecule has 0 unspecified atom stereocenters. The van der Waals surface area contributed by atoms with Crippen LogP contribution in [0.5, 0.6) is 11.6 Å². The minimum atomic E-state index is -1.05. The van der Waals surface area contributed by atoms with Gasteiger partial charge in [0.25, 0.3) is 0 Å². The highest BCUT2D eigenvalue weighted by molar-refractivity contribution is 6.34. The van der Waals surface area contributed by atoms with E-state index in [1.165, 1.54) is 18.3 Å². The highest BCUT2D eigenvalue weighted by Crippen LogP contribution is 2.27. The van der Waals surface area contributed by atoms with E-state index in [2.05, 4.69) is 4.98 Å². The Hall–Kier alpha value is -1.78. The average Bonchev–Trinajstić information content (AvgIpc) is 2.27. The zero-order chi connectivity index (χ0) is 13.1. The molecule has 1 N–H and O–H groups in total. The van der Waals surface area contributed by atoms with Crippen molar-refractivity contribution in [3.63, 3.8) is 0 Å². The molecule has 1 aromatic carbocycles. The Kier molecular flexibility index (Phi) is 3.69. The fourth-order valence-electron chi connectivity index (χ4n) is 1.31. The van der Waals surface area contributed by atoms with E-state index in [0.717, 1.165) is 0 Å². The second-order valence-electron chi connectivity index (χ2n) is 3.40. The summed E-state index contributed by atoms with van der Waals surface area (Å²) in [6.07, 6.45) is 1.35. The molecule has 6 heteroatoms. The maximum Gasteiger partial charge on any atom is 0.335 e. The number of carboxylic acid groups (broad SMARTS) is 1. The highest BCUT2D eigenvalue weighted by atomic mass is 35.5. The Balaban J connectivity index is 2.28. The lowest BCUT2D eigenvalue weighted by Crippen LogP contribution is -1.97.